The van der Waals surface area contributed by atoms with Gasteiger partial charge in [-0.1, -0.05) is 0 Å². The molecule has 0 saturated carbocycles. The standard InChI is InChI=1S/C15H29N3O3/c1-15(2,3)21-14(20)18-10-6-7-12(18)11-17-9-5-4-8-13(16)19/h12,17H,4-11H2,1-3H3,(H2,16,19). The summed E-state index contributed by atoms with van der Waals surface area (Å²) < 4.78 is 5.43. The second kappa shape index (κ2) is 8.22. The third kappa shape index (κ3) is 7.32. The maximum absolute atomic E-state index is 12.1. The van der Waals surface area contributed by atoms with Gasteiger partial charge < -0.3 is 20.7 Å². The van der Waals surface area contributed by atoms with Crippen LogP contribution < -0.4 is 11.1 Å². The van der Waals surface area contributed by atoms with Crippen LogP contribution in [0.4, 0.5) is 4.79 Å². The smallest absolute Gasteiger partial charge is 0.410 e. The molecule has 0 spiro atoms. The summed E-state index contributed by atoms with van der Waals surface area (Å²) in [6.07, 6.45) is 3.97. The summed E-state index contributed by atoms with van der Waals surface area (Å²) in [6.45, 7) is 8.03. The lowest BCUT2D eigenvalue weighted by Gasteiger charge is -2.28. The van der Waals surface area contributed by atoms with Crippen LogP contribution in [0.2, 0.25) is 0 Å². The van der Waals surface area contributed by atoms with E-state index in [9.17, 15) is 9.59 Å². The van der Waals surface area contributed by atoms with Crippen molar-refractivity contribution in [3.05, 3.63) is 0 Å². The van der Waals surface area contributed by atoms with Gasteiger partial charge in [0.15, 0.2) is 0 Å². The van der Waals surface area contributed by atoms with Gasteiger partial charge in [-0.15, -0.1) is 0 Å². The van der Waals surface area contributed by atoms with Gasteiger partial charge in [0.05, 0.1) is 0 Å². The lowest BCUT2D eigenvalue weighted by molar-refractivity contribution is -0.118. The molecule has 1 fully saturated rings. The van der Waals surface area contributed by atoms with E-state index in [-0.39, 0.29) is 18.0 Å². The highest BCUT2D eigenvalue weighted by molar-refractivity contribution is 5.73. The zero-order valence-electron chi connectivity index (χ0n) is 13.5. The number of likely N-dealkylation sites (tertiary alicyclic amines) is 1. The number of carbonyl (C=O) groups is 2. The van der Waals surface area contributed by atoms with E-state index in [1.165, 1.54) is 0 Å². The largest absolute Gasteiger partial charge is 0.444 e. The highest BCUT2D eigenvalue weighted by atomic mass is 16.6. The number of amides is 2. The lowest BCUT2D eigenvalue weighted by Crippen LogP contribution is -2.44. The molecule has 2 amide bonds. The Bertz CT molecular complexity index is 353. The number of carbonyl (C=O) groups excluding carboxylic acids is 2. The van der Waals surface area contributed by atoms with Crippen molar-refractivity contribution in [2.45, 2.75) is 64.5 Å². The summed E-state index contributed by atoms with van der Waals surface area (Å²) >= 11 is 0. The van der Waals surface area contributed by atoms with Crippen LogP contribution in [0.3, 0.4) is 0 Å². The average Bonchev–Trinajstić information content (AvgIpc) is 2.79. The molecule has 1 aliphatic rings. The van der Waals surface area contributed by atoms with Crippen LogP contribution in [0, 0.1) is 0 Å². The number of rotatable bonds is 7. The Morgan fingerprint density at radius 1 is 1.33 bits per heavy atom. The first kappa shape index (κ1) is 17.8. The number of hydrogen-bond acceptors (Lipinski definition) is 4. The normalized spacial score (nSPS) is 18.8. The quantitative estimate of drug-likeness (QED) is 0.700. The fraction of sp³-hybridized carbons (Fsp3) is 0.867. The lowest BCUT2D eigenvalue weighted by atomic mass is 10.2. The fourth-order valence-electron chi connectivity index (χ4n) is 2.43. The zero-order valence-corrected chi connectivity index (χ0v) is 13.5. The Hall–Kier alpha value is -1.30. The molecule has 1 saturated heterocycles. The third-order valence-electron chi connectivity index (χ3n) is 3.41. The molecule has 3 N–H and O–H groups in total. The monoisotopic (exact) mass is 299 g/mol. The molecule has 0 aromatic carbocycles. The van der Waals surface area contributed by atoms with Crippen LogP contribution in [0.5, 0.6) is 0 Å². The van der Waals surface area contributed by atoms with Gasteiger partial charge in [0.2, 0.25) is 5.91 Å². The third-order valence-corrected chi connectivity index (χ3v) is 3.41. The first-order chi connectivity index (χ1) is 9.79. The van der Waals surface area contributed by atoms with Gasteiger partial charge in [-0.2, -0.15) is 0 Å². The van der Waals surface area contributed by atoms with Crippen LogP contribution >= 0.6 is 0 Å². The van der Waals surface area contributed by atoms with E-state index >= 15 is 0 Å². The maximum atomic E-state index is 12.1. The predicted octanol–water partition coefficient (Wildman–Crippen LogP) is 1.63. The van der Waals surface area contributed by atoms with E-state index in [1.807, 2.05) is 25.7 Å². The van der Waals surface area contributed by atoms with E-state index in [4.69, 9.17) is 10.5 Å². The Balaban J connectivity index is 2.24. The van der Waals surface area contributed by atoms with Crippen molar-refractivity contribution in [3.8, 4) is 0 Å². The van der Waals surface area contributed by atoms with Gasteiger partial charge in [-0.25, -0.2) is 4.79 Å². The minimum absolute atomic E-state index is 0.205. The summed E-state index contributed by atoms with van der Waals surface area (Å²) in [7, 11) is 0. The molecule has 1 unspecified atom stereocenters. The maximum Gasteiger partial charge on any atom is 0.410 e. The molecule has 0 aromatic rings. The summed E-state index contributed by atoms with van der Waals surface area (Å²) in [5.74, 6) is -0.248. The van der Waals surface area contributed by atoms with E-state index in [1.54, 1.807) is 0 Å². The Morgan fingerprint density at radius 2 is 2.05 bits per heavy atom. The SMILES string of the molecule is CC(C)(C)OC(=O)N1CCCC1CNCCCCC(N)=O. The van der Waals surface area contributed by atoms with Crippen molar-refractivity contribution in [2.75, 3.05) is 19.6 Å². The molecule has 122 valence electrons. The number of nitrogens with one attached hydrogen (secondary N) is 1. The summed E-state index contributed by atoms with van der Waals surface area (Å²) in [4.78, 5) is 24.5. The van der Waals surface area contributed by atoms with Crippen molar-refractivity contribution < 1.29 is 14.3 Å². The molecule has 1 atom stereocenters. The number of unbranched alkanes of at least 4 members (excludes halogenated alkanes) is 1. The van der Waals surface area contributed by atoms with Gasteiger partial charge in [0.1, 0.15) is 5.60 Å². The molecule has 6 nitrogen and oxygen atoms in total. The van der Waals surface area contributed by atoms with Gasteiger partial charge in [0, 0.05) is 25.6 Å². The molecule has 0 bridgehead atoms. The number of nitrogens with zero attached hydrogens (tertiary/aromatic N) is 1. The zero-order chi connectivity index (χ0) is 15.9. The highest BCUT2D eigenvalue weighted by Crippen LogP contribution is 2.20. The van der Waals surface area contributed by atoms with Gasteiger partial charge in [-0.05, 0) is 53.0 Å². The van der Waals surface area contributed by atoms with Crippen LogP contribution in [-0.2, 0) is 9.53 Å². The molecule has 1 heterocycles. The summed E-state index contributed by atoms with van der Waals surface area (Å²) in [6, 6.07) is 0.205. The number of ether oxygens (including phenoxy) is 1. The van der Waals surface area contributed by atoms with Crippen LogP contribution in [-0.4, -0.2) is 48.2 Å². The molecule has 21 heavy (non-hydrogen) atoms. The molecule has 1 aliphatic heterocycles. The minimum Gasteiger partial charge on any atom is -0.444 e. The number of hydrogen-bond donors (Lipinski definition) is 2. The van der Waals surface area contributed by atoms with Gasteiger partial charge >= 0.3 is 6.09 Å². The van der Waals surface area contributed by atoms with Crippen molar-refractivity contribution in [2.24, 2.45) is 5.73 Å². The molecule has 0 aromatic heterocycles. The Labute approximate surface area is 127 Å². The molecule has 6 heteroatoms. The number of primary amides is 1. The summed E-state index contributed by atoms with van der Waals surface area (Å²) in [5, 5.41) is 3.35. The minimum atomic E-state index is -0.452. The molecular weight excluding hydrogens is 270 g/mol. The first-order valence-corrected chi connectivity index (χ1v) is 7.78. The van der Waals surface area contributed by atoms with Crippen molar-refractivity contribution in [3.63, 3.8) is 0 Å². The van der Waals surface area contributed by atoms with Crippen molar-refractivity contribution >= 4 is 12.0 Å². The van der Waals surface area contributed by atoms with Crippen molar-refractivity contribution in [1.29, 1.82) is 0 Å². The summed E-state index contributed by atoms with van der Waals surface area (Å²) in [5.41, 5.74) is 4.64. The predicted molar refractivity (Wildman–Crippen MR) is 81.9 cm³/mol. The van der Waals surface area contributed by atoms with Crippen molar-refractivity contribution in [1.82, 2.24) is 10.2 Å². The van der Waals surface area contributed by atoms with Crippen LogP contribution in [0.25, 0.3) is 0 Å². The Morgan fingerprint density at radius 3 is 2.67 bits per heavy atom. The molecule has 0 aliphatic carbocycles. The Kier molecular flexibility index (Phi) is 6.95. The van der Waals surface area contributed by atoms with Gasteiger partial charge in [-0.3, -0.25) is 4.79 Å². The van der Waals surface area contributed by atoms with E-state index in [0.717, 1.165) is 45.3 Å². The van der Waals surface area contributed by atoms with E-state index < -0.39 is 5.60 Å². The average molecular weight is 299 g/mol. The second-order valence-corrected chi connectivity index (χ2v) is 6.60. The van der Waals surface area contributed by atoms with Crippen LogP contribution in [0.15, 0.2) is 0 Å². The van der Waals surface area contributed by atoms with Crippen LogP contribution in [0.1, 0.15) is 52.9 Å². The number of nitrogens with two attached hydrogens (primary N) is 1. The molecular formula is C15H29N3O3. The molecule has 0 radical (unpaired) electrons. The van der Waals surface area contributed by atoms with E-state index in [0.29, 0.717) is 6.42 Å². The molecule has 1 rings (SSSR count). The first-order valence-electron chi connectivity index (χ1n) is 7.78. The van der Waals surface area contributed by atoms with Gasteiger partial charge in [0.25, 0.3) is 0 Å². The van der Waals surface area contributed by atoms with E-state index in [2.05, 4.69) is 5.32 Å². The topological polar surface area (TPSA) is 84.7 Å². The second-order valence-electron chi connectivity index (χ2n) is 6.60. The highest BCUT2D eigenvalue weighted by Gasteiger charge is 2.31. The fourth-order valence-corrected chi connectivity index (χ4v) is 2.43.